The van der Waals surface area contributed by atoms with Crippen molar-refractivity contribution in [2.75, 3.05) is 6.54 Å². The molecule has 0 aliphatic rings. The third-order valence-electron chi connectivity index (χ3n) is 5.85. The monoisotopic (exact) mass is 438 g/mol. The second-order valence-electron chi connectivity index (χ2n) is 8.11. The fourth-order valence-corrected chi connectivity index (χ4v) is 3.91. The number of aromatic hydroxyl groups is 1. The number of amides is 2. The van der Waals surface area contributed by atoms with Crippen LogP contribution in [-0.4, -0.2) is 23.5 Å². The van der Waals surface area contributed by atoms with E-state index >= 15 is 0 Å². The Morgan fingerprint density at radius 3 is 2.33 bits per heavy atom. The molecular formula is C28H26N2O3. The summed E-state index contributed by atoms with van der Waals surface area (Å²) in [4.78, 5) is 25.4. The number of benzene rings is 4. The molecule has 5 nitrogen and oxygen atoms in total. The van der Waals surface area contributed by atoms with Gasteiger partial charge in [0.25, 0.3) is 5.91 Å². The zero-order valence-electron chi connectivity index (χ0n) is 18.6. The minimum absolute atomic E-state index is 0.0991. The molecule has 0 saturated heterocycles. The predicted molar refractivity (Wildman–Crippen MR) is 130 cm³/mol. The lowest BCUT2D eigenvalue weighted by atomic mass is 9.92. The van der Waals surface area contributed by atoms with Crippen LogP contribution < -0.4 is 10.6 Å². The molecule has 1 unspecified atom stereocenters. The lowest BCUT2D eigenvalue weighted by Crippen LogP contribution is -2.39. The number of fused-ring (bicyclic) bond motifs is 1. The normalized spacial score (nSPS) is 11.7. The summed E-state index contributed by atoms with van der Waals surface area (Å²) in [5.41, 5.74) is 4.08. The first kappa shape index (κ1) is 22.1. The van der Waals surface area contributed by atoms with E-state index in [1.165, 1.54) is 0 Å². The second kappa shape index (κ2) is 9.57. The molecule has 4 aromatic carbocycles. The Labute approximate surface area is 193 Å². The maximum atomic E-state index is 12.9. The van der Waals surface area contributed by atoms with Gasteiger partial charge >= 0.3 is 0 Å². The minimum atomic E-state index is -0.580. The number of nitrogens with one attached hydrogen (secondary N) is 2. The van der Waals surface area contributed by atoms with Gasteiger partial charge in [0.2, 0.25) is 5.91 Å². The van der Waals surface area contributed by atoms with Gasteiger partial charge in [-0.1, -0.05) is 66.7 Å². The molecule has 0 heterocycles. The van der Waals surface area contributed by atoms with Gasteiger partial charge in [0.1, 0.15) is 5.75 Å². The summed E-state index contributed by atoms with van der Waals surface area (Å²) in [6, 6.07) is 25.6. The summed E-state index contributed by atoms with van der Waals surface area (Å²) >= 11 is 0. The highest BCUT2D eigenvalue weighted by Gasteiger charge is 2.22. The van der Waals surface area contributed by atoms with Crippen molar-refractivity contribution in [2.24, 2.45) is 0 Å². The van der Waals surface area contributed by atoms with Crippen LogP contribution in [0.4, 0.5) is 0 Å². The van der Waals surface area contributed by atoms with Crippen LogP contribution in [0.5, 0.6) is 5.75 Å². The van der Waals surface area contributed by atoms with E-state index in [2.05, 4.69) is 10.6 Å². The zero-order valence-corrected chi connectivity index (χ0v) is 18.6. The number of phenols is 1. The first-order chi connectivity index (χ1) is 15.9. The van der Waals surface area contributed by atoms with Gasteiger partial charge in [-0.3, -0.25) is 9.59 Å². The van der Waals surface area contributed by atoms with Crippen molar-refractivity contribution in [3.8, 4) is 5.75 Å². The summed E-state index contributed by atoms with van der Waals surface area (Å²) in [5, 5.41) is 18.2. The standard InChI is InChI=1S/C28H26N2O3/c1-18-12-13-22(16-19(18)2)28(33)29-17-25(32)30-27(21-9-4-3-5-10-21)26-23-11-7-6-8-20(23)14-15-24(26)31/h3-16,27,31H,17H2,1-2H3,(H,29,33)(H,30,32). The van der Waals surface area contributed by atoms with Gasteiger partial charge in [-0.15, -0.1) is 0 Å². The number of rotatable bonds is 6. The maximum Gasteiger partial charge on any atom is 0.251 e. The van der Waals surface area contributed by atoms with Crippen molar-refractivity contribution >= 4 is 22.6 Å². The number of phenolic OH excluding ortho intramolecular Hbond substituents is 1. The number of aryl methyl sites for hydroxylation is 2. The summed E-state index contributed by atoms with van der Waals surface area (Å²) in [6.07, 6.45) is 0. The molecule has 33 heavy (non-hydrogen) atoms. The Hall–Kier alpha value is -4.12. The molecule has 4 aromatic rings. The van der Waals surface area contributed by atoms with Gasteiger partial charge in [0.15, 0.2) is 0 Å². The third-order valence-corrected chi connectivity index (χ3v) is 5.85. The average molecular weight is 439 g/mol. The highest BCUT2D eigenvalue weighted by Crippen LogP contribution is 2.35. The van der Waals surface area contributed by atoms with Gasteiger partial charge in [-0.25, -0.2) is 0 Å². The molecule has 166 valence electrons. The van der Waals surface area contributed by atoms with E-state index in [-0.39, 0.29) is 24.1 Å². The fraction of sp³-hybridized carbons (Fsp3) is 0.143. The highest BCUT2D eigenvalue weighted by molar-refractivity contribution is 5.97. The molecule has 4 rings (SSSR count). The van der Waals surface area contributed by atoms with E-state index < -0.39 is 6.04 Å². The van der Waals surface area contributed by atoms with Crippen LogP contribution in [0.25, 0.3) is 10.8 Å². The van der Waals surface area contributed by atoms with Crippen LogP contribution in [0.1, 0.15) is 38.7 Å². The maximum absolute atomic E-state index is 12.9. The van der Waals surface area contributed by atoms with E-state index in [1.54, 1.807) is 12.1 Å². The molecule has 0 radical (unpaired) electrons. The number of carbonyl (C=O) groups is 2. The van der Waals surface area contributed by atoms with Crippen molar-refractivity contribution in [1.29, 1.82) is 0 Å². The second-order valence-corrected chi connectivity index (χ2v) is 8.11. The SMILES string of the molecule is Cc1ccc(C(=O)NCC(=O)NC(c2ccccc2)c2c(O)ccc3ccccc23)cc1C. The molecule has 0 saturated carbocycles. The van der Waals surface area contributed by atoms with E-state index in [1.807, 2.05) is 86.6 Å². The van der Waals surface area contributed by atoms with E-state index in [9.17, 15) is 14.7 Å². The Balaban J connectivity index is 1.58. The molecule has 0 aliphatic heterocycles. The van der Waals surface area contributed by atoms with Gasteiger partial charge in [-0.2, -0.15) is 0 Å². The molecule has 0 fully saturated rings. The van der Waals surface area contributed by atoms with Crippen molar-refractivity contribution in [2.45, 2.75) is 19.9 Å². The first-order valence-electron chi connectivity index (χ1n) is 10.8. The molecule has 2 amide bonds. The van der Waals surface area contributed by atoms with Gasteiger partial charge < -0.3 is 15.7 Å². The molecule has 1 atom stereocenters. The van der Waals surface area contributed by atoms with Crippen LogP contribution in [0.15, 0.2) is 84.9 Å². The Bertz CT molecular complexity index is 1320. The Kier molecular flexibility index (Phi) is 6.41. The quantitative estimate of drug-likeness (QED) is 0.405. The summed E-state index contributed by atoms with van der Waals surface area (Å²) in [6.45, 7) is 3.75. The summed E-state index contributed by atoms with van der Waals surface area (Å²) < 4.78 is 0. The average Bonchev–Trinajstić information content (AvgIpc) is 2.83. The minimum Gasteiger partial charge on any atom is -0.508 e. The van der Waals surface area contributed by atoms with Crippen LogP contribution in [0, 0.1) is 13.8 Å². The Morgan fingerprint density at radius 2 is 1.58 bits per heavy atom. The molecule has 0 aliphatic carbocycles. The van der Waals surface area contributed by atoms with Crippen LogP contribution >= 0.6 is 0 Å². The van der Waals surface area contributed by atoms with Gasteiger partial charge in [-0.05, 0) is 59.5 Å². The van der Waals surface area contributed by atoms with Crippen molar-refractivity contribution in [1.82, 2.24) is 10.6 Å². The third kappa shape index (κ3) is 4.88. The lowest BCUT2D eigenvalue weighted by Gasteiger charge is -2.23. The fourth-order valence-electron chi connectivity index (χ4n) is 3.91. The summed E-state index contributed by atoms with van der Waals surface area (Å²) in [7, 11) is 0. The highest BCUT2D eigenvalue weighted by atomic mass is 16.3. The van der Waals surface area contributed by atoms with E-state index in [4.69, 9.17) is 0 Å². The lowest BCUT2D eigenvalue weighted by molar-refractivity contribution is -0.120. The summed E-state index contributed by atoms with van der Waals surface area (Å²) in [5.74, 6) is -0.562. The van der Waals surface area contributed by atoms with Gasteiger partial charge in [0, 0.05) is 11.1 Å². The van der Waals surface area contributed by atoms with Crippen LogP contribution in [0.2, 0.25) is 0 Å². The zero-order chi connectivity index (χ0) is 23.4. The molecular weight excluding hydrogens is 412 g/mol. The van der Waals surface area contributed by atoms with Crippen LogP contribution in [0.3, 0.4) is 0 Å². The smallest absolute Gasteiger partial charge is 0.251 e. The molecule has 5 heteroatoms. The number of hydrogen-bond acceptors (Lipinski definition) is 3. The van der Waals surface area contributed by atoms with Crippen LogP contribution in [-0.2, 0) is 4.79 Å². The largest absolute Gasteiger partial charge is 0.508 e. The predicted octanol–water partition coefficient (Wildman–Crippen LogP) is 4.80. The number of carbonyl (C=O) groups excluding carboxylic acids is 2. The first-order valence-corrected chi connectivity index (χ1v) is 10.8. The molecule has 0 bridgehead atoms. The molecule has 3 N–H and O–H groups in total. The van der Waals surface area contributed by atoms with Gasteiger partial charge in [0.05, 0.1) is 12.6 Å². The Morgan fingerprint density at radius 1 is 0.848 bits per heavy atom. The van der Waals surface area contributed by atoms with Crippen molar-refractivity contribution in [3.63, 3.8) is 0 Å². The van der Waals surface area contributed by atoms with Crippen molar-refractivity contribution in [3.05, 3.63) is 113 Å². The number of hydrogen-bond donors (Lipinski definition) is 3. The molecule has 0 spiro atoms. The van der Waals surface area contributed by atoms with Crippen molar-refractivity contribution < 1.29 is 14.7 Å². The van der Waals surface area contributed by atoms with E-state index in [0.29, 0.717) is 11.1 Å². The topological polar surface area (TPSA) is 78.4 Å². The van der Waals surface area contributed by atoms with E-state index in [0.717, 1.165) is 27.5 Å². The molecule has 0 aromatic heterocycles.